The number of hydrogen-bond donors (Lipinski definition) is 2. The number of amides is 1. The summed E-state index contributed by atoms with van der Waals surface area (Å²) in [7, 11) is 0. The lowest BCUT2D eigenvalue weighted by molar-refractivity contribution is -0.129. The Morgan fingerprint density at radius 3 is 0.683 bits per heavy atom. The second kappa shape index (κ2) is 37.9. The van der Waals surface area contributed by atoms with E-state index in [9.17, 15) is 4.79 Å². The molecule has 0 heterocycles. The molecule has 0 aromatic carbocycles. The predicted octanol–water partition coefficient (Wildman–Crippen LogP) is 13.5. The van der Waals surface area contributed by atoms with Crippen LogP contribution in [0.15, 0.2) is 0 Å². The number of nitrogens with one attached hydrogen (secondary N) is 1. The van der Waals surface area contributed by atoms with Gasteiger partial charge < -0.3 is 0 Å². The van der Waals surface area contributed by atoms with Crippen molar-refractivity contribution in [2.45, 2.75) is 225 Å². The third-order valence-electron chi connectivity index (χ3n) is 8.91. The van der Waals surface area contributed by atoms with E-state index in [2.05, 4.69) is 15.9 Å². The van der Waals surface area contributed by atoms with Gasteiger partial charge in [0, 0.05) is 11.8 Å². The molecule has 4 heteroatoms. The Labute approximate surface area is 266 Å². The molecule has 0 spiro atoms. The second-order valence-electron chi connectivity index (χ2n) is 13.0. The number of hydroxylamine groups is 1. The molecular formula is C37H74BrNO2. The average Bonchev–Trinajstić information content (AvgIpc) is 2.99. The molecule has 0 rings (SSSR count). The van der Waals surface area contributed by atoms with Crippen molar-refractivity contribution in [3.8, 4) is 0 Å². The number of halogens is 1. The van der Waals surface area contributed by atoms with E-state index in [4.69, 9.17) is 5.21 Å². The third-order valence-corrected chi connectivity index (χ3v) is 9.47. The molecule has 0 unspecified atom stereocenters. The van der Waals surface area contributed by atoms with Crippen molar-refractivity contribution in [1.82, 2.24) is 5.48 Å². The Bertz CT molecular complexity index is 488. The zero-order valence-electron chi connectivity index (χ0n) is 27.7. The SMILES string of the molecule is O=C(CCCCCCCCCCCCCCCCCCCCCCCCCCCCCCCCCCCCBr)NO. The van der Waals surface area contributed by atoms with Gasteiger partial charge in [-0.25, -0.2) is 5.48 Å². The standard InChI is InChI=1S/C37H74BrNO2/c38-36-34-32-30-28-26-24-22-20-18-16-14-12-10-8-6-4-2-1-3-5-7-9-11-13-15-17-19-21-23-25-27-29-31-33-35-37(40)39-41/h41H,1-36H2,(H,39,40). The topological polar surface area (TPSA) is 49.3 Å². The summed E-state index contributed by atoms with van der Waals surface area (Å²) in [4.78, 5) is 10.9. The number of hydrogen-bond acceptors (Lipinski definition) is 2. The lowest BCUT2D eigenvalue weighted by Crippen LogP contribution is -2.17. The Morgan fingerprint density at radius 1 is 0.341 bits per heavy atom. The normalized spacial score (nSPS) is 11.4. The molecule has 3 nitrogen and oxygen atoms in total. The largest absolute Gasteiger partial charge is 0.289 e. The van der Waals surface area contributed by atoms with E-state index in [1.165, 1.54) is 211 Å². The van der Waals surface area contributed by atoms with Crippen molar-refractivity contribution >= 4 is 21.8 Å². The fraction of sp³-hybridized carbons (Fsp3) is 0.973. The average molecular weight is 645 g/mol. The summed E-state index contributed by atoms with van der Waals surface area (Å²) in [5, 5.41) is 9.64. The van der Waals surface area contributed by atoms with Gasteiger partial charge in [0.05, 0.1) is 0 Å². The highest BCUT2D eigenvalue weighted by atomic mass is 79.9. The molecule has 0 radical (unpaired) electrons. The fourth-order valence-corrected chi connectivity index (χ4v) is 6.49. The van der Waals surface area contributed by atoms with E-state index >= 15 is 0 Å². The van der Waals surface area contributed by atoms with Crippen molar-refractivity contribution in [1.29, 1.82) is 0 Å². The van der Waals surface area contributed by atoms with Crippen LogP contribution in [0.25, 0.3) is 0 Å². The van der Waals surface area contributed by atoms with E-state index in [0.29, 0.717) is 6.42 Å². The van der Waals surface area contributed by atoms with Gasteiger partial charge in [0.15, 0.2) is 0 Å². The maximum absolute atomic E-state index is 10.9. The minimum Gasteiger partial charge on any atom is -0.289 e. The lowest BCUT2D eigenvalue weighted by atomic mass is 10.0. The van der Waals surface area contributed by atoms with Gasteiger partial charge in [-0.05, 0) is 12.8 Å². The van der Waals surface area contributed by atoms with Crippen molar-refractivity contribution in [2.75, 3.05) is 5.33 Å². The van der Waals surface area contributed by atoms with Gasteiger partial charge in [-0.15, -0.1) is 0 Å². The Kier molecular flexibility index (Phi) is 37.9. The first kappa shape index (κ1) is 40.9. The van der Waals surface area contributed by atoms with Crippen LogP contribution in [0.4, 0.5) is 0 Å². The first-order valence-corrected chi connectivity index (χ1v) is 19.9. The van der Waals surface area contributed by atoms with Gasteiger partial charge in [0.2, 0.25) is 5.91 Å². The molecule has 0 aliphatic rings. The fourth-order valence-electron chi connectivity index (χ4n) is 6.09. The highest BCUT2D eigenvalue weighted by Crippen LogP contribution is 2.17. The van der Waals surface area contributed by atoms with E-state index in [0.717, 1.165) is 12.8 Å². The number of unbranched alkanes of at least 4 members (excludes halogenated alkanes) is 33. The first-order valence-electron chi connectivity index (χ1n) is 18.8. The van der Waals surface area contributed by atoms with Crippen molar-refractivity contribution in [3.05, 3.63) is 0 Å². The number of carbonyl (C=O) groups is 1. The minimum absolute atomic E-state index is 0.254. The molecule has 0 saturated heterocycles. The van der Waals surface area contributed by atoms with Gasteiger partial charge in [-0.1, -0.05) is 221 Å². The molecule has 0 saturated carbocycles. The minimum atomic E-state index is -0.254. The predicted molar refractivity (Wildman–Crippen MR) is 185 cm³/mol. The molecule has 41 heavy (non-hydrogen) atoms. The zero-order chi connectivity index (χ0) is 29.7. The van der Waals surface area contributed by atoms with Crippen molar-refractivity contribution < 1.29 is 10.0 Å². The second-order valence-corrected chi connectivity index (χ2v) is 13.8. The lowest BCUT2D eigenvalue weighted by Gasteiger charge is -2.05. The van der Waals surface area contributed by atoms with Gasteiger partial charge >= 0.3 is 0 Å². The zero-order valence-corrected chi connectivity index (χ0v) is 29.3. The number of rotatable bonds is 36. The highest BCUT2D eigenvalue weighted by molar-refractivity contribution is 9.09. The van der Waals surface area contributed by atoms with Crippen LogP contribution in [0.5, 0.6) is 0 Å². The van der Waals surface area contributed by atoms with Gasteiger partial charge in [0.1, 0.15) is 0 Å². The molecule has 2 N–H and O–H groups in total. The summed E-state index contributed by atoms with van der Waals surface area (Å²) in [6.07, 6.45) is 48.4. The van der Waals surface area contributed by atoms with E-state index in [1.807, 2.05) is 0 Å². The third kappa shape index (κ3) is 37.9. The van der Waals surface area contributed by atoms with Crippen LogP contribution in [0.1, 0.15) is 225 Å². The van der Waals surface area contributed by atoms with Gasteiger partial charge in [0.25, 0.3) is 0 Å². The van der Waals surface area contributed by atoms with E-state index in [-0.39, 0.29) is 5.91 Å². The summed E-state index contributed by atoms with van der Waals surface area (Å²) in [6.45, 7) is 0. The molecule has 0 aliphatic heterocycles. The highest BCUT2D eigenvalue weighted by Gasteiger charge is 1.99. The Morgan fingerprint density at radius 2 is 0.512 bits per heavy atom. The quantitative estimate of drug-likeness (QED) is 0.0309. The summed E-state index contributed by atoms with van der Waals surface area (Å²) in [5.74, 6) is -0.254. The monoisotopic (exact) mass is 643 g/mol. The van der Waals surface area contributed by atoms with Crippen molar-refractivity contribution in [3.63, 3.8) is 0 Å². The molecule has 0 aliphatic carbocycles. The van der Waals surface area contributed by atoms with Gasteiger partial charge in [-0.2, -0.15) is 0 Å². The van der Waals surface area contributed by atoms with Crippen LogP contribution >= 0.6 is 15.9 Å². The van der Waals surface area contributed by atoms with E-state index in [1.54, 1.807) is 5.48 Å². The van der Waals surface area contributed by atoms with Crippen LogP contribution in [-0.2, 0) is 4.79 Å². The van der Waals surface area contributed by atoms with Crippen molar-refractivity contribution in [2.24, 2.45) is 0 Å². The maximum Gasteiger partial charge on any atom is 0.243 e. The molecule has 0 bridgehead atoms. The maximum atomic E-state index is 10.9. The van der Waals surface area contributed by atoms with Gasteiger partial charge in [-0.3, -0.25) is 10.0 Å². The van der Waals surface area contributed by atoms with Crippen LogP contribution in [0, 0.1) is 0 Å². The molecule has 0 atom stereocenters. The molecule has 1 amide bonds. The summed E-state index contributed by atoms with van der Waals surface area (Å²) in [5.41, 5.74) is 1.70. The molecular weight excluding hydrogens is 570 g/mol. The van der Waals surface area contributed by atoms with Crippen LogP contribution < -0.4 is 5.48 Å². The summed E-state index contributed by atoms with van der Waals surface area (Å²) in [6, 6.07) is 0. The van der Waals surface area contributed by atoms with Crippen LogP contribution in [-0.4, -0.2) is 16.4 Å². The molecule has 0 aromatic rings. The Balaban J connectivity index is 3.04. The van der Waals surface area contributed by atoms with E-state index < -0.39 is 0 Å². The molecule has 246 valence electrons. The van der Waals surface area contributed by atoms with Crippen LogP contribution in [0.3, 0.4) is 0 Å². The summed E-state index contributed by atoms with van der Waals surface area (Å²) < 4.78 is 0. The first-order chi connectivity index (χ1) is 20.3. The Hall–Kier alpha value is -0.0900. The molecule has 0 fully saturated rings. The summed E-state index contributed by atoms with van der Waals surface area (Å²) >= 11 is 3.52. The smallest absolute Gasteiger partial charge is 0.243 e. The molecule has 0 aromatic heterocycles. The van der Waals surface area contributed by atoms with Crippen LogP contribution in [0.2, 0.25) is 0 Å². The number of carbonyl (C=O) groups excluding carboxylic acids is 1. The number of alkyl halides is 1.